The zero-order chi connectivity index (χ0) is 14.3. The SMILES string of the molecule is CC(C)CCOc1ccc(F)cc1C=NN=C(N)N. The summed E-state index contributed by atoms with van der Waals surface area (Å²) in [7, 11) is 0. The molecule has 0 aromatic heterocycles. The highest BCUT2D eigenvalue weighted by Crippen LogP contribution is 2.18. The van der Waals surface area contributed by atoms with E-state index in [9.17, 15) is 4.39 Å². The van der Waals surface area contributed by atoms with Crippen molar-refractivity contribution < 1.29 is 9.13 Å². The van der Waals surface area contributed by atoms with E-state index < -0.39 is 0 Å². The predicted molar refractivity (Wildman–Crippen MR) is 74.8 cm³/mol. The van der Waals surface area contributed by atoms with Gasteiger partial charge in [0.25, 0.3) is 0 Å². The first kappa shape index (κ1) is 14.9. The van der Waals surface area contributed by atoms with Gasteiger partial charge in [-0.3, -0.25) is 0 Å². The molecule has 0 amide bonds. The summed E-state index contributed by atoms with van der Waals surface area (Å²) in [6.07, 6.45) is 2.27. The molecule has 0 saturated heterocycles. The van der Waals surface area contributed by atoms with E-state index in [1.165, 1.54) is 18.3 Å². The Labute approximate surface area is 112 Å². The molecule has 1 rings (SSSR count). The number of hydrogen-bond acceptors (Lipinski definition) is 3. The zero-order valence-corrected chi connectivity index (χ0v) is 11.1. The van der Waals surface area contributed by atoms with Crippen molar-refractivity contribution in [1.82, 2.24) is 0 Å². The molecule has 0 atom stereocenters. The monoisotopic (exact) mass is 266 g/mol. The van der Waals surface area contributed by atoms with E-state index in [0.29, 0.717) is 23.8 Å². The Morgan fingerprint density at radius 2 is 2.16 bits per heavy atom. The Balaban J connectivity index is 2.79. The van der Waals surface area contributed by atoms with Gasteiger partial charge in [-0.25, -0.2) is 4.39 Å². The van der Waals surface area contributed by atoms with Crippen LogP contribution in [0.3, 0.4) is 0 Å². The van der Waals surface area contributed by atoms with Crippen LogP contribution in [0.1, 0.15) is 25.8 Å². The van der Waals surface area contributed by atoms with Gasteiger partial charge in [-0.15, -0.1) is 5.10 Å². The molecule has 0 aliphatic heterocycles. The minimum Gasteiger partial charge on any atom is -0.493 e. The van der Waals surface area contributed by atoms with E-state index in [-0.39, 0.29) is 11.8 Å². The molecule has 0 fully saturated rings. The van der Waals surface area contributed by atoms with Crippen LogP contribution in [0, 0.1) is 11.7 Å². The topological polar surface area (TPSA) is 86.0 Å². The second kappa shape index (κ2) is 7.35. The maximum absolute atomic E-state index is 13.2. The van der Waals surface area contributed by atoms with Crippen molar-refractivity contribution in [3.8, 4) is 5.75 Å². The molecule has 0 saturated carbocycles. The molecule has 0 unspecified atom stereocenters. The summed E-state index contributed by atoms with van der Waals surface area (Å²) in [5.74, 6) is 0.563. The molecule has 19 heavy (non-hydrogen) atoms. The first-order chi connectivity index (χ1) is 8.99. The van der Waals surface area contributed by atoms with Gasteiger partial charge in [0.15, 0.2) is 0 Å². The zero-order valence-electron chi connectivity index (χ0n) is 11.1. The van der Waals surface area contributed by atoms with Gasteiger partial charge in [0.2, 0.25) is 5.96 Å². The van der Waals surface area contributed by atoms with Crippen LogP contribution in [0.25, 0.3) is 0 Å². The van der Waals surface area contributed by atoms with Gasteiger partial charge in [0.05, 0.1) is 12.8 Å². The van der Waals surface area contributed by atoms with Gasteiger partial charge in [-0.1, -0.05) is 13.8 Å². The van der Waals surface area contributed by atoms with Crippen molar-refractivity contribution in [2.24, 2.45) is 27.6 Å². The van der Waals surface area contributed by atoms with Gasteiger partial charge in [-0.2, -0.15) is 5.10 Å². The molecule has 6 heteroatoms. The number of nitrogens with zero attached hydrogens (tertiary/aromatic N) is 2. The van der Waals surface area contributed by atoms with Crippen LogP contribution in [0.5, 0.6) is 5.75 Å². The highest BCUT2D eigenvalue weighted by Gasteiger charge is 2.04. The fourth-order valence-corrected chi connectivity index (χ4v) is 1.31. The van der Waals surface area contributed by atoms with E-state index in [4.69, 9.17) is 16.2 Å². The molecule has 1 aromatic carbocycles. The minimum absolute atomic E-state index is 0.157. The molecular formula is C13H19FN4O. The molecule has 5 nitrogen and oxygen atoms in total. The Bertz CT molecular complexity index is 468. The van der Waals surface area contributed by atoms with Gasteiger partial charge >= 0.3 is 0 Å². The maximum Gasteiger partial charge on any atom is 0.211 e. The number of guanidine groups is 1. The Morgan fingerprint density at radius 3 is 2.79 bits per heavy atom. The summed E-state index contributed by atoms with van der Waals surface area (Å²) in [6, 6.07) is 4.21. The Morgan fingerprint density at radius 1 is 1.42 bits per heavy atom. The molecule has 104 valence electrons. The van der Waals surface area contributed by atoms with Crippen molar-refractivity contribution >= 4 is 12.2 Å². The number of ether oxygens (including phenoxy) is 1. The number of nitrogens with two attached hydrogens (primary N) is 2. The highest BCUT2D eigenvalue weighted by molar-refractivity contribution is 5.84. The number of hydrogen-bond donors (Lipinski definition) is 2. The fourth-order valence-electron chi connectivity index (χ4n) is 1.31. The molecular weight excluding hydrogens is 247 g/mol. The fraction of sp³-hybridized carbons (Fsp3) is 0.385. The van der Waals surface area contributed by atoms with Gasteiger partial charge in [-0.05, 0) is 30.5 Å². The first-order valence-corrected chi connectivity index (χ1v) is 6.03. The van der Waals surface area contributed by atoms with Crippen LogP contribution < -0.4 is 16.2 Å². The third-order valence-corrected chi connectivity index (χ3v) is 2.29. The summed E-state index contributed by atoms with van der Waals surface area (Å²) in [5.41, 5.74) is 10.8. The number of halogens is 1. The van der Waals surface area contributed by atoms with Crippen LogP contribution in [-0.4, -0.2) is 18.8 Å². The van der Waals surface area contributed by atoms with E-state index in [1.807, 2.05) is 0 Å². The van der Waals surface area contributed by atoms with Crippen LogP contribution in [0.4, 0.5) is 4.39 Å². The Kier molecular flexibility index (Phi) is 5.78. The van der Waals surface area contributed by atoms with Gasteiger partial charge < -0.3 is 16.2 Å². The molecule has 0 radical (unpaired) electrons. The molecule has 0 bridgehead atoms. The second-order valence-electron chi connectivity index (χ2n) is 4.48. The van der Waals surface area contributed by atoms with E-state index in [1.54, 1.807) is 6.07 Å². The smallest absolute Gasteiger partial charge is 0.211 e. The lowest BCUT2D eigenvalue weighted by Gasteiger charge is -2.10. The summed E-state index contributed by atoms with van der Waals surface area (Å²) in [4.78, 5) is 0. The van der Waals surface area contributed by atoms with Crippen LogP contribution >= 0.6 is 0 Å². The molecule has 0 aliphatic carbocycles. The third-order valence-electron chi connectivity index (χ3n) is 2.29. The predicted octanol–water partition coefficient (Wildman–Crippen LogP) is 1.86. The number of rotatable bonds is 6. The molecule has 0 spiro atoms. The van der Waals surface area contributed by atoms with Crippen molar-refractivity contribution in [2.75, 3.05) is 6.61 Å². The standard InChI is InChI=1S/C13H19FN4O/c1-9(2)5-6-19-12-4-3-11(14)7-10(12)8-17-18-13(15)16/h3-4,7-9H,5-6H2,1-2H3,(H4,15,16,18). The molecule has 1 aromatic rings. The summed E-state index contributed by atoms with van der Waals surface area (Å²) < 4.78 is 18.8. The van der Waals surface area contributed by atoms with E-state index in [0.717, 1.165) is 6.42 Å². The third kappa shape index (κ3) is 5.85. The van der Waals surface area contributed by atoms with Gasteiger partial charge in [0.1, 0.15) is 11.6 Å². The normalized spacial score (nSPS) is 10.9. The average molecular weight is 266 g/mol. The van der Waals surface area contributed by atoms with E-state index in [2.05, 4.69) is 24.1 Å². The second-order valence-corrected chi connectivity index (χ2v) is 4.48. The van der Waals surface area contributed by atoms with Crippen molar-refractivity contribution in [2.45, 2.75) is 20.3 Å². The lowest BCUT2D eigenvalue weighted by atomic mass is 10.1. The summed E-state index contributed by atoms with van der Waals surface area (Å²) in [5, 5.41) is 7.12. The first-order valence-electron chi connectivity index (χ1n) is 6.03. The average Bonchev–Trinajstić information content (AvgIpc) is 2.31. The summed E-state index contributed by atoms with van der Waals surface area (Å²) >= 11 is 0. The quantitative estimate of drug-likeness (QED) is 0.468. The molecule has 4 N–H and O–H groups in total. The molecule has 0 aliphatic rings. The summed E-state index contributed by atoms with van der Waals surface area (Å²) in [6.45, 7) is 4.77. The van der Waals surface area contributed by atoms with Gasteiger partial charge in [0, 0.05) is 5.56 Å². The van der Waals surface area contributed by atoms with Crippen molar-refractivity contribution in [3.05, 3.63) is 29.6 Å². The maximum atomic E-state index is 13.2. The van der Waals surface area contributed by atoms with E-state index >= 15 is 0 Å². The molecule has 0 heterocycles. The minimum atomic E-state index is -0.373. The van der Waals surface area contributed by atoms with Crippen LogP contribution in [-0.2, 0) is 0 Å². The lowest BCUT2D eigenvalue weighted by molar-refractivity contribution is 0.289. The van der Waals surface area contributed by atoms with Crippen LogP contribution in [0.2, 0.25) is 0 Å². The number of benzene rings is 1. The largest absolute Gasteiger partial charge is 0.493 e. The lowest BCUT2D eigenvalue weighted by Crippen LogP contribution is -2.21. The Hall–Kier alpha value is -2.11. The van der Waals surface area contributed by atoms with Crippen molar-refractivity contribution in [3.63, 3.8) is 0 Å². The highest BCUT2D eigenvalue weighted by atomic mass is 19.1. The van der Waals surface area contributed by atoms with Crippen LogP contribution in [0.15, 0.2) is 28.4 Å². The van der Waals surface area contributed by atoms with Crippen molar-refractivity contribution in [1.29, 1.82) is 0 Å².